The Morgan fingerprint density at radius 2 is 2.10 bits per heavy atom. The summed E-state index contributed by atoms with van der Waals surface area (Å²) in [7, 11) is 2.00. The first-order chi connectivity index (χ1) is 10.2. The quantitative estimate of drug-likeness (QED) is 0.788. The number of aryl methyl sites for hydroxylation is 2. The van der Waals surface area contributed by atoms with Crippen LogP contribution in [0, 0.1) is 0 Å². The molecule has 0 bridgehead atoms. The third kappa shape index (κ3) is 2.40. The summed E-state index contributed by atoms with van der Waals surface area (Å²) in [5.41, 5.74) is 10.5. The van der Waals surface area contributed by atoms with E-state index in [-0.39, 0.29) is 0 Å². The predicted octanol–water partition coefficient (Wildman–Crippen LogP) is 3.21. The van der Waals surface area contributed by atoms with Gasteiger partial charge in [0.05, 0.1) is 22.4 Å². The topological polar surface area (TPSA) is 48.8 Å². The molecule has 4 nitrogen and oxygen atoms in total. The van der Waals surface area contributed by atoms with Gasteiger partial charge in [-0.25, -0.2) is 0 Å². The maximum Gasteiger partial charge on any atom is 0.0767 e. The zero-order valence-electron chi connectivity index (χ0n) is 12.3. The second-order valence-corrected chi connectivity index (χ2v) is 5.98. The van der Waals surface area contributed by atoms with Crippen LogP contribution in [0.15, 0.2) is 34.9 Å². The molecule has 0 unspecified atom stereocenters. The van der Waals surface area contributed by atoms with Gasteiger partial charge in [-0.1, -0.05) is 19.1 Å². The van der Waals surface area contributed by atoms with Gasteiger partial charge in [-0.15, -0.1) is 0 Å². The van der Waals surface area contributed by atoms with E-state index in [2.05, 4.69) is 63.0 Å². The second-order valence-electron chi connectivity index (χ2n) is 5.18. The zero-order chi connectivity index (χ0) is 15.0. The van der Waals surface area contributed by atoms with Crippen LogP contribution in [0.25, 0.3) is 10.9 Å². The molecule has 0 fully saturated rings. The van der Waals surface area contributed by atoms with E-state index >= 15 is 0 Å². The Balaban J connectivity index is 2.05. The highest BCUT2D eigenvalue weighted by atomic mass is 79.9. The smallest absolute Gasteiger partial charge is 0.0767 e. The Bertz CT molecular complexity index is 785. The fraction of sp³-hybridized carbons (Fsp3) is 0.312. The molecule has 0 spiro atoms. The number of nitrogens with zero attached hydrogens (tertiary/aromatic N) is 3. The third-order valence-corrected chi connectivity index (χ3v) is 4.86. The molecule has 0 amide bonds. The average Bonchev–Trinajstić information content (AvgIpc) is 3.03. The van der Waals surface area contributed by atoms with Crippen molar-refractivity contribution in [2.45, 2.75) is 26.4 Å². The Hall–Kier alpha value is -1.59. The van der Waals surface area contributed by atoms with Crippen molar-refractivity contribution >= 4 is 26.8 Å². The molecule has 0 saturated carbocycles. The average molecular weight is 347 g/mol. The molecule has 0 aliphatic rings. The SMILES string of the molecule is CCc1nn(C)c(Cn2ccc3c(CN)cccc32)c1Br. The van der Waals surface area contributed by atoms with Crippen molar-refractivity contribution in [1.29, 1.82) is 0 Å². The molecular weight excluding hydrogens is 328 g/mol. The lowest BCUT2D eigenvalue weighted by Gasteiger charge is -2.08. The summed E-state index contributed by atoms with van der Waals surface area (Å²) < 4.78 is 5.32. The molecule has 0 atom stereocenters. The van der Waals surface area contributed by atoms with E-state index in [1.54, 1.807) is 0 Å². The van der Waals surface area contributed by atoms with Gasteiger partial charge in [0, 0.05) is 30.7 Å². The molecule has 3 rings (SSSR count). The molecule has 0 saturated heterocycles. The first-order valence-electron chi connectivity index (χ1n) is 7.12. The largest absolute Gasteiger partial charge is 0.341 e. The van der Waals surface area contributed by atoms with Crippen molar-refractivity contribution < 1.29 is 0 Å². The number of benzene rings is 1. The number of hydrogen-bond acceptors (Lipinski definition) is 2. The number of rotatable bonds is 4. The van der Waals surface area contributed by atoms with Crippen LogP contribution in [-0.4, -0.2) is 14.3 Å². The molecule has 21 heavy (non-hydrogen) atoms. The Morgan fingerprint density at radius 3 is 2.76 bits per heavy atom. The highest BCUT2D eigenvalue weighted by Crippen LogP contribution is 2.25. The number of halogens is 1. The maximum atomic E-state index is 5.82. The van der Waals surface area contributed by atoms with Crippen molar-refractivity contribution in [3.63, 3.8) is 0 Å². The first-order valence-corrected chi connectivity index (χ1v) is 7.92. The van der Waals surface area contributed by atoms with E-state index in [1.165, 1.54) is 22.2 Å². The molecule has 3 aromatic rings. The molecule has 0 aliphatic carbocycles. The van der Waals surface area contributed by atoms with Gasteiger partial charge in [0.25, 0.3) is 0 Å². The van der Waals surface area contributed by atoms with Crippen molar-refractivity contribution in [2.24, 2.45) is 12.8 Å². The zero-order valence-corrected chi connectivity index (χ0v) is 13.9. The highest BCUT2D eigenvalue weighted by molar-refractivity contribution is 9.10. The first kappa shape index (κ1) is 14.4. The lowest BCUT2D eigenvalue weighted by atomic mass is 10.1. The van der Waals surface area contributed by atoms with Gasteiger partial charge in [0.2, 0.25) is 0 Å². The van der Waals surface area contributed by atoms with Gasteiger partial charge < -0.3 is 10.3 Å². The lowest BCUT2D eigenvalue weighted by Crippen LogP contribution is -2.05. The summed E-state index contributed by atoms with van der Waals surface area (Å²) in [5.74, 6) is 0. The maximum absolute atomic E-state index is 5.82. The second kappa shape index (κ2) is 5.66. The molecule has 5 heteroatoms. The van der Waals surface area contributed by atoms with Gasteiger partial charge >= 0.3 is 0 Å². The van der Waals surface area contributed by atoms with E-state index in [1.807, 2.05) is 11.7 Å². The summed E-state index contributed by atoms with van der Waals surface area (Å²) in [6.45, 7) is 3.48. The fourth-order valence-corrected chi connectivity index (χ4v) is 3.50. The van der Waals surface area contributed by atoms with Gasteiger partial charge in [-0.3, -0.25) is 4.68 Å². The minimum atomic E-state index is 0.566. The molecule has 2 N–H and O–H groups in total. The van der Waals surface area contributed by atoms with Crippen molar-refractivity contribution in [2.75, 3.05) is 0 Å². The van der Waals surface area contributed by atoms with Crippen LogP contribution >= 0.6 is 15.9 Å². The van der Waals surface area contributed by atoms with Crippen LogP contribution in [-0.2, 0) is 26.6 Å². The standard InChI is InChI=1S/C16H19BrN4/c1-3-13-16(17)15(20(2)19-13)10-21-8-7-12-11(9-18)5-4-6-14(12)21/h4-8H,3,9-10,18H2,1-2H3. The van der Waals surface area contributed by atoms with Crippen LogP contribution in [0.2, 0.25) is 0 Å². The molecule has 110 valence electrons. The Labute approximate surface area is 132 Å². The van der Waals surface area contributed by atoms with Crippen molar-refractivity contribution in [3.05, 3.63) is 51.9 Å². The monoisotopic (exact) mass is 346 g/mol. The van der Waals surface area contributed by atoms with E-state index in [4.69, 9.17) is 5.73 Å². The van der Waals surface area contributed by atoms with E-state index in [9.17, 15) is 0 Å². The number of fused-ring (bicyclic) bond motifs is 1. The number of nitrogens with two attached hydrogens (primary N) is 1. The Kier molecular flexibility index (Phi) is 3.87. The molecule has 0 radical (unpaired) electrons. The molecule has 0 aliphatic heterocycles. The fourth-order valence-electron chi connectivity index (χ4n) is 2.76. The molecule has 2 aromatic heterocycles. The normalized spacial score (nSPS) is 11.4. The Morgan fingerprint density at radius 1 is 1.29 bits per heavy atom. The van der Waals surface area contributed by atoms with Gasteiger partial charge in [-0.2, -0.15) is 5.10 Å². The van der Waals surface area contributed by atoms with Crippen molar-refractivity contribution in [3.8, 4) is 0 Å². The van der Waals surface area contributed by atoms with E-state index < -0.39 is 0 Å². The summed E-state index contributed by atoms with van der Waals surface area (Å²) in [6.07, 6.45) is 3.05. The summed E-state index contributed by atoms with van der Waals surface area (Å²) in [4.78, 5) is 0. The molecule has 2 heterocycles. The van der Waals surface area contributed by atoms with E-state index in [0.717, 1.165) is 23.1 Å². The van der Waals surface area contributed by atoms with Gasteiger partial charge in [0.15, 0.2) is 0 Å². The van der Waals surface area contributed by atoms with Crippen LogP contribution in [0.5, 0.6) is 0 Å². The molecular formula is C16H19BrN4. The van der Waals surface area contributed by atoms with Crippen molar-refractivity contribution in [1.82, 2.24) is 14.3 Å². The summed E-state index contributed by atoms with van der Waals surface area (Å²) in [5, 5.41) is 5.79. The molecule has 1 aromatic carbocycles. The highest BCUT2D eigenvalue weighted by Gasteiger charge is 2.14. The lowest BCUT2D eigenvalue weighted by molar-refractivity contribution is 0.668. The third-order valence-electron chi connectivity index (χ3n) is 3.95. The predicted molar refractivity (Wildman–Crippen MR) is 89.2 cm³/mol. The summed E-state index contributed by atoms with van der Waals surface area (Å²) in [6, 6.07) is 8.43. The van der Waals surface area contributed by atoms with Crippen LogP contribution in [0.1, 0.15) is 23.9 Å². The number of aromatic nitrogens is 3. The van der Waals surface area contributed by atoms with Crippen LogP contribution < -0.4 is 5.73 Å². The minimum absolute atomic E-state index is 0.566. The number of hydrogen-bond donors (Lipinski definition) is 1. The van der Waals surface area contributed by atoms with Gasteiger partial charge in [0.1, 0.15) is 0 Å². The van der Waals surface area contributed by atoms with Gasteiger partial charge in [-0.05, 0) is 40.0 Å². The van der Waals surface area contributed by atoms with E-state index in [0.29, 0.717) is 6.54 Å². The van der Waals surface area contributed by atoms with Crippen LogP contribution in [0.3, 0.4) is 0 Å². The minimum Gasteiger partial charge on any atom is -0.341 e. The summed E-state index contributed by atoms with van der Waals surface area (Å²) >= 11 is 3.68. The van der Waals surface area contributed by atoms with Crippen LogP contribution in [0.4, 0.5) is 0 Å².